The van der Waals surface area contributed by atoms with E-state index >= 15 is 0 Å². The number of fused-ring (bicyclic) bond motifs is 1. The van der Waals surface area contributed by atoms with Gasteiger partial charge in [-0.3, -0.25) is 4.79 Å². The first kappa shape index (κ1) is 18.2. The number of rotatable bonds is 4. The molecule has 0 saturated carbocycles. The van der Waals surface area contributed by atoms with E-state index in [0.717, 1.165) is 62.5 Å². The molecule has 1 fully saturated rings. The van der Waals surface area contributed by atoms with E-state index in [9.17, 15) is 4.79 Å². The van der Waals surface area contributed by atoms with E-state index < -0.39 is 0 Å². The molecule has 6 heteroatoms. The highest BCUT2D eigenvalue weighted by atomic mass is 16.2. The lowest BCUT2D eigenvalue weighted by Crippen LogP contribution is -2.38. The third-order valence-corrected chi connectivity index (χ3v) is 5.95. The minimum Gasteiger partial charge on any atom is -0.339 e. The molecule has 1 aliphatic heterocycles. The van der Waals surface area contributed by atoms with Crippen LogP contribution in [0.5, 0.6) is 0 Å². The summed E-state index contributed by atoms with van der Waals surface area (Å²) in [6.07, 6.45) is 5.38. The average molecular weight is 367 g/mol. The Balaban J connectivity index is 1.40. The third-order valence-electron chi connectivity index (χ3n) is 5.95. The summed E-state index contributed by atoms with van der Waals surface area (Å²) in [5.41, 5.74) is 3.63. The molecule has 0 radical (unpaired) electrons. The summed E-state index contributed by atoms with van der Waals surface area (Å²) in [5, 5.41) is 8.80. The van der Waals surface area contributed by atoms with Crippen LogP contribution in [0.15, 0.2) is 18.2 Å². The summed E-state index contributed by atoms with van der Waals surface area (Å²) in [7, 11) is 6.13. The van der Waals surface area contributed by atoms with Crippen molar-refractivity contribution in [3.8, 4) is 0 Å². The molecule has 1 amide bonds. The Bertz CT molecular complexity index is 833. The van der Waals surface area contributed by atoms with Crippen LogP contribution in [0, 0.1) is 0 Å². The van der Waals surface area contributed by atoms with Crippen molar-refractivity contribution in [2.45, 2.75) is 44.6 Å². The molecule has 27 heavy (non-hydrogen) atoms. The Morgan fingerprint density at radius 3 is 2.63 bits per heavy atom. The van der Waals surface area contributed by atoms with Gasteiger partial charge in [-0.05, 0) is 69.5 Å². The van der Waals surface area contributed by atoms with Gasteiger partial charge < -0.3 is 14.4 Å². The molecule has 1 aromatic carbocycles. The molecule has 0 unspecified atom stereocenters. The summed E-state index contributed by atoms with van der Waals surface area (Å²) in [5.74, 6) is 2.60. The van der Waals surface area contributed by atoms with Crippen LogP contribution in [0.2, 0.25) is 0 Å². The number of benzene rings is 1. The van der Waals surface area contributed by atoms with Gasteiger partial charge in [-0.1, -0.05) is 6.07 Å². The van der Waals surface area contributed by atoms with Crippen LogP contribution in [-0.4, -0.2) is 57.7 Å². The molecule has 1 saturated heterocycles. The van der Waals surface area contributed by atoms with Gasteiger partial charge in [0, 0.05) is 31.6 Å². The monoisotopic (exact) mass is 367 g/mol. The third kappa shape index (κ3) is 3.63. The van der Waals surface area contributed by atoms with Crippen molar-refractivity contribution in [2.75, 3.05) is 27.2 Å². The summed E-state index contributed by atoms with van der Waals surface area (Å²) in [6, 6.07) is 6.27. The van der Waals surface area contributed by atoms with E-state index in [1.807, 2.05) is 25.1 Å². The quantitative estimate of drug-likeness (QED) is 0.833. The van der Waals surface area contributed by atoms with Gasteiger partial charge in [0.1, 0.15) is 11.6 Å². The van der Waals surface area contributed by atoms with Crippen LogP contribution in [0.25, 0.3) is 0 Å². The average Bonchev–Trinajstić information content (AvgIpc) is 3.27. The smallest absolute Gasteiger partial charge is 0.253 e. The molecule has 0 N–H and O–H groups in total. The summed E-state index contributed by atoms with van der Waals surface area (Å²) in [4.78, 5) is 17.0. The molecular weight excluding hydrogens is 338 g/mol. The van der Waals surface area contributed by atoms with Gasteiger partial charge in [-0.2, -0.15) is 0 Å². The van der Waals surface area contributed by atoms with Crippen LogP contribution >= 0.6 is 0 Å². The van der Waals surface area contributed by atoms with Crippen LogP contribution in [0.4, 0.5) is 0 Å². The second-order valence-electron chi connectivity index (χ2n) is 8.17. The standard InChI is InChI=1S/C21H29N5O/c1-24(2)14-19-22-23-20(25(19)3)16-9-11-26(12-10-16)21(27)18-8-7-15-5-4-6-17(15)13-18/h7-8,13,16H,4-6,9-12,14H2,1-3H3. The molecule has 0 atom stereocenters. The van der Waals surface area contributed by atoms with Gasteiger partial charge in [0.25, 0.3) is 5.91 Å². The Kier molecular flexibility index (Phi) is 5.00. The second kappa shape index (κ2) is 7.43. The number of aryl methyl sites for hydroxylation is 2. The number of amides is 1. The highest BCUT2D eigenvalue weighted by Crippen LogP contribution is 2.29. The molecule has 0 bridgehead atoms. The number of carbonyl (C=O) groups excluding carboxylic acids is 1. The van der Waals surface area contributed by atoms with Crippen molar-refractivity contribution >= 4 is 5.91 Å². The molecule has 4 rings (SSSR count). The zero-order valence-electron chi connectivity index (χ0n) is 16.6. The summed E-state index contributed by atoms with van der Waals surface area (Å²) in [6.45, 7) is 2.37. The topological polar surface area (TPSA) is 54.3 Å². The van der Waals surface area contributed by atoms with Crippen molar-refractivity contribution in [3.05, 3.63) is 46.5 Å². The van der Waals surface area contributed by atoms with Gasteiger partial charge in [0.15, 0.2) is 0 Å². The van der Waals surface area contributed by atoms with Gasteiger partial charge in [-0.25, -0.2) is 0 Å². The number of hydrogen-bond acceptors (Lipinski definition) is 4. The van der Waals surface area contributed by atoms with Crippen molar-refractivity contribution in [2.24, 2.45) is 7.05 Å². The van der Waals surface area contributed by atoms with Crippen LogP contribution < -0.4 is 0 Å². The first-order valence-electron chi connectivity index (χ1n) is 9.97. The molecule has 1 aromatic heterocycles. The number of likely N-dealkylation sites (tertiary alicyclic amines) is 1. The maximum absolute atomic E-state index is 12.9. The van der Waals surface area contributed by atoms with E-state index in [1.165, 1.54) is 17.5 Å². The van der Waals surface area contributed by atoms with Crippen molar-refractivity contribution < 1.29 is 4.79 Å². The highest BCUT2D eigenvalue weighted by Gasteiger charge is 2.28. The molecule has 2 aromatic rings. The van der Waals surface area contributed by atoms with Gasteiger partial charge >= 0.3 is 0 Å². The Hall–Kier alpha value is -2.21. The number of hydrogen-bond donors (Lipinski definition) is 0. The Morgan fingerprint density at radius 1 is 1.15 bits per heavy atom. The SMILES string of the molecule is CN(C)Cc1nnc(C2CCN(C(=O)c3ccc4c(c3)CCC4)CC2)n1C. The number of aromatic nitrogens is 3. The maximum Gasteiger partial charge on any atom is 0.253 e. The van der Waals surface area contributed by atoms with E-state index in [4.69, 9.17) is 0 Å². The Labute approximate surface area is 161 Å². The van der Waals surface area contributed by atoms with Gasteiger partial charge in [0.2, 0.25) is 0 Å². The molecule has 1 aliphatic carbocycles. The lowest BCUT2D eigenvalue weighted by molar-refractivity contribution is 0.0710. The fraction of sp³-hybridized carbons (Fsp3) is 0.571. The van der Waals surface area contributed by atoms with Gasteiger partial charge in [0.05, 0.1) is 6.54 Å². The number of nitrogens with zero attached hydrogens (tertiary/aromatic N) is 5. The number of piperidine rings is 1. The van der Waals surface area contributed by atoms with Crippen molar-refractivity contribution in [3.63, 3.8) is 0 Å². The summed E-state index contributed by atoms with van der Waals surface area (Å²) >= 11 is 0. The van der Waals surface area contributed by atoms with Crippen LogP contribution in [0.3, 0.4) is 0 Å². The van der Waals surface area contributed by atoms with Crippen LogP contribution in [0.1, 0.15) is 58.3 Å². The normalized spacial score (nSPS) is 17.6. The van der Waals surface area contributed by atoms with E-state index in [0.29, 0.717) is 5.92 Å². The predicted octanol–water partition coefficient (Wildman–Crippen LogP) is 2.39. The molecule has 6 nitrogen and oxygen atoms in total. The molecule has 144 valence electrons. The predicted molar refractivity (Wildman–Crippen MR) is 105 cm³/mol. The lowest BCUT2D eigenvalue weighted by Gasteiger charge is -2.31. The first-order valence-corrected chi connectivity index (χ1v) is 9.97. The van der Waals surface area contributed by atoms with Crippen molar-refractivity contribution in [1.29, 1.82) is 0 Å². The van der Waals surface area contributed by atoms with E-state index in [1.54, 1.807) is 0 Å². The lowest BCUT2D eigenvalue weighted by atomic mass is 9.95. The molecule has 2 heterocycles. The minimum absolute atomic E-state index is 0.175. The first-order chi connectivity index (χ1) is 13.0. The molecular formula is C21H29N5O. The second-order valence-corrected chi connectivity index (χ2v) is 8.17. The molecule has 0 spiro atoms. The fourth-order valence-corrected chi connectivity index (χ4v) is 4.38. The Morgan fingerprint density at radius 2 is 1.89 bits per heavy atom. The fourth-order valence-electron chi connectivity index (χ4n) is 4.38. The zero-order valence-corrected chi connectivity index (χ0v) is 16.6. The number of carbonyl (C=O) groups is 1. The summed E-state index contributed by atoms with van der Waals surface area (Å²) < 4.78 is 2.13. The highest BCUT2D eigenvalue weighted by molar-refractivity contribution is 5.94. The maximum atomic E-state index is 12.9. The van der Waals surface area contributed by atoms with E-state index in [-0.39, 0.29) is 5.91 Å². The van der Waals surface area contributed by atoms with Gasteiger partial charge in [-0.15, -0.1) is 10.2 Å². The van der Waals surface area contributed by atoms with E-state index in [2.05, 4.69) is 38.8 Å². The van der Waals surface area contributed by atoms with Crippen molar-refractivity contribution in [1.82, 2.24) is 24.6 Å². The largest absolute Gasteiger partial charge is 0.339 e. The van der Waals surface area contributed by atoms with Crippen LogP contribution in [-0.2, 0) is 26.4 Å². The minimum atomic E-state index is 0.175. The zero-order chi connectivity index (χ0) is 19.0. The molecule has 2 aliphatic rings.